The highest BCUT2D eigenvalue weighted by Gasteiger charge is 2.25. The van der Waals surface area contributed by atoms with Crippen LogP contribution in [0.25, 0.3) is 11.0 Å². The van der Waals surface area contributed by atoms with Crippen LogP contribution >= 0.6 is 0 Å². The van der Waals surface area contributed by atoms with Gasteiger partial charge in [0.25, 0.3) is 0 Å². The van der Waals surface area contributed by atoms with Gasteiger partial charge >= 0.3 is 0 Å². The van der Waals surface area contributed by atoms with Gasteiger partial charge in [0.15, 0.2) is 0 Å². The van der Waals surface area contributed by atoms with Crippen LogP contribution in [-0.4, -0.2) is 27.4 Å². The standard InChI is InChI=1S/C22H32N4O2/c1-14(2)12-20(27)25-21(15(3)4)22(28)23-16-9-10-18-17(13-16)24-19-8-6-5-7-11-26(18)19/h9-10,13-15,21H,5-8,11-12H2,1-4H3,(H,23,28)(H,25,27). The number of rotatable bonds is 6. The maximum atomic E-state index is 12.8. The first-order valence-corrected chi connectivity index (χ1v) is 10.4. The van der Waals surface area contributed by atoms with Crippen molar-refractivity contribution in [2.45, 2.75) is 72.4 Å². The van der Waals surface area contributed by atoms with Gasteiger partial charge in [-0.05, 0) is 42.9 Å². The molecule has 2 N–H and O–H groups in total. The van der Waals surface area contributed by atoms with Crippen LogP contribution < -0.4 is 10.6 Å². The topological polar surface area (TPSA) is 76.0 Å². The van der Waals surface area contributed by atoms with E-state index in [-0.39, 0.29) is 23.7 Å². The summed E-state index contributed by atoms with van der Waals surface area (Å²) in [6.07, 6.45) is 5.04. The SMILES string of the molecule is CC(C)CC(=O)NC(C(=O)Nc1ccc2c(c1)nc1n2CCCCC1)C(C)C. The van der Waals surface area contributed by atoms with E-state index in [1.165, 1.54) is 19.3 Å². The molecule has 0 spiro atoms. The van der Waals surface area contributed by atoms with Gasteiger partial charge in [0, 0.05) is 25.1 Å². The van der Waals surface area contributed by atoms with Gasteiger partial charge in [-0.25, -0.2) is 4.98 Å². The first kappa shape index (κ1) is 20.4. The van der Waals surface area contributed by atoms with Gasteiger partial charge in [-0.15, -0.1) is 0 Å². The number of carbonyl (C=O) groups excluding carboxylic acids is 2. The van der Waals surface area contributed by atoms with E-state index in [0.717, 1.165) is 35.5 Å². The van der Waals surface area contributed by atoms with Crippen molar-refractivity contribution in [1.29, 1.82) is 0 Å². The number of hydrogen-bond donors (Lipinski definition) is 2. The third-order valence-electron chi connectivity index (χ3n) is 5.24. The number of aryl methyl sites for hydroxylation is 2. The highest BCUT2D eigenvalue weighted by atomic mass is 16.2. The van der Waals surface area contributed by atoms with Crippen molar-refractivity contribution in [3.05, 3.63) is 24.0 Å². The summed E-state index contributed by atoms with van der Waals surface area (Å²) >= 11 is 0. The number of carbonyl (C=O) groups is 2. The molecule has 0 aliphatic carbocycles. The molecule has 0 saturated heterocycles. The summed E-state index contributed by atoms with van der Waals surface area (Å²) in [6.45, 7) is 8.87. The van der Waals surface area contributed by atoms with E-state index in [9.17, 15) is 9.59 Å². The fourth-order valence-electron chi connectivity index (χ4n) is 3.79. The van der Waals surface area contributed by atoms with Crippen molar-refractivity contribution in [2.75, 3.05) is 5.32 Å². The second-order valence-corrected chi connectivity index (χ2v) is 8.57. The van der Waals surface area contributed by atoms with Crippen LogP contribution in [0.4, 0.5) is 5.69 Å². The van der Waals surface area contributed by atoms with E-state index in [1.807, 2.05) is 45.9 Å². The first-order chi connectivity index (χ1) is 13.3. The van der Waals surface area contributed by atoms with E-state index in [0.29, 0.717) is 6.42 Å². The van der Waals surface area contributed by atoms with Crippen LogP contribution in [0.1, 0.15) is 59.2 Å². The Kier molecular flexibility index (Phi) is 6.37. The predicted octanol–water partition coefficient (Wildman–Crippen LogP) is 3.89. The van der Waals surface area contributed by atoms with Gasteiger partial charge in [0.2, 0.25) is 11.8 Å². The summed E-state index contributed by atoms with van der Waals surface area (Å²) in [5, 5.41) is 5.84. The quantitative estimate of drug-likeness (QED) is 0.793. The summed E-state index contributed by atoms with van der Waals surface area (Å²) < 4.78 is 2.30. The minimum Gasteiger partial charge on any atom is -0.344 e. The van der Waals surface area contributed by atoms with Crippen LogP contribution in [0, 0.1) is 11.8 Å². The van der Waals surface area contributed by atoms with Gasteiger partial charge in [-0.3, -0.25) is 9.59 Å². The Morgan fingerprint density at radius 2 is 1.93 bits per heavy atom. The maximum absolute atomic E-state index is 12.8. The van der Waals surface area contributed by atoms with Crippen LogP contribution in [0.3, 0.4) is 0 Å². The molecule has 3 rings (SSSR count). The molecule has 2 aromatic rings. The maximum Gasteiger partial charge on any atom is 0.247 e. The molecule has 0 bridgehead atoms. The van der Waals surface area contributed by atoms with Crippen LogP contribution in [0.2, 0.25) is 0 Å². The number of amides is 2. The summed E-state index contributed by atoms with van der Waals surface area (Å²) in [7, 11) is 0. The zero-order valence-corrected chi connectivity index (χ0v) is 17.4. The smallest absolute Gasteiger partial charge is 0.247 e. The van der Waals surface area contributed by atoms with Crippen molar-refractivity contribution in [2.24, 2.45) is 11.8 Å². The number of fused-ring (bicyclic) bond motifs is 3. The Bertz CT molecular complexity index is 854. The van der Waals surface area contributed by atoms with Crippen LogP contribution in [0.5, 0.6) is 0 Å². The van der Waals surface area contributed by atoms with Gasteiger partial charge in [0.1, 0.15) is 11.9 Å². The molecule has 2 heterocycles. The fourth-order valence-corrected chi connectivity index (χ4v) is 3.79. The highest BCUT2D eigenvalue weighted by Crippen LogP contribution is 2.24. The normalized spacial score (nSPS) is 15.4. The van der Waals surface area contributed by atoms with Gasteiger partial charge in [-0.2, -0.15) is 0 Å². The lowest BCUT2D eigenvalue weighted by Gasteiger charge is -2.22. The highest BCUT2D eigenvalue weighted by molar-refractivity contribution is 5.98. The average molecular weight is 385 g/mol. The number of aromatic nitrogens is 2. The molecule has 0 radical (unpaired) electrons. The Hall–Kier alpha value is -2.37. The second-order valence-electron chi connectivity index (χ2n) is 8.57. The number of anilines is 1. The molecule has 0 fully saturated rings. The molecule has 152 valence electrons. The monoisotopic (exact) mass is 384 g/mol. The fraction of sp³-hybridized carbons (Fsp3) is 0.591. The average Bonchev–Trinajstić information content (AvgIpc) is 2.79. The zero-order valence-electron chi connectivity index (χ0n) is 17.4. The van der Waals surface area contributed by atoms with E-state index >= 15 is 0 Å². The Labute approximate surface area is 167 Å². The number of imidazole rings is 1. The van der Waals surface area contributed by atoms with Crippen LogP contribution in [-0.2, 0) is 22.6 Å². The van der Waals surface area contributed by atoms with Gasteiger partial charge in [-0.1, -0.05) is 34.1 Å². The molecule has 1 aliphatic rings. The molecule has 6 nitrogen and oxygen atoms in total. The third-order valence-corrected chi connectivity index (χ3v) is 5.24. The van der Waals surface area contributed by atoms with E-state index < -0.39 is 6.04 Å². The lowest BCUT2D eigenvalue weighted by Crippen LogP contribution is -2.47. The molecule has 0 saturated carbocycles. The third kappa shape index (κ3) is 4.72. The molecule has 1 aromatic carbocycles. The van der Waals surface area contributed by atoms with Crippen molar-refractivity contribution < 1.29 is 9.59 Å². The molecule has 1 aromatic heterocycles. The Morgan fingerprint density at radius 1 is 1.14 bits per heavy atom. The number of hydrogen-bond acceptors (Lipinski definition) is 3. The number of nitrogens with zero attached hydrogens (tertiary/aromatic N) is 2. The van der Waals surface area contributed by atoms with Gasteiger partial charge in [0.05, 0.1) is 11.0 Å². The minimum atomic E-state index is -0.555. The summed E-state index contributed by atoms with van der Waals surface area (Å²) in [5.41, 5.74) is 2.76. The van der Waals surface area contributed by atoms with E-state index in [2.05, 4.69) is 15.2 Å². The largest absolute Gasteiger partial charge is 0.344 e. The zero-order chi connectivity index (χ0) is 20.3. The molecule has 1 unspecified atom stereocenters. The van der Waals surface area contributed by atoms with Crippen molar-refractivity contribution >= 4 is 28.5 Å². The molecule has 2 amide bonds. The summed E-state index contributed by atoms with van der Waals surface area (Å²) in [5.74, 6) is 1.12. The van der Waals surface area contributed by atoms with E-state index in [1.54, 1.807) is 0 Å². The lowest BCUT2D eigenvalue weighted by molar-refractivity contribution is -0.127. The molecular formula is C22H32N4O2. The molecule has 28 heavy (non-hydrogen) atoms. The lowest BCUT2D eigenvalue weighted by atomic mass is 10.0. The molecular weight excluding hydrogens is 352 g/mol. The predicted molar refractivity (Wildman–Crippen MR) is 112 cm³/mol. The Balaban J connectivity index is 1.74. The number of benzene rings is 1. The molecule has 1 atom stereocenters. The number of nitrogens with one attached hydrogen (secondary N) is 2. The molecule has 6 heteroatoms. The minimum absolute atomic E-state index is 0.00325. The summed E-state index contributed by atoms with van der Waals surface area (Å²) in [6, 6.07) is 5.34. The van der Waals surface area contributed by atoms with Crippen molar-refractivity contribution in [1.82, 2.24) is 14.9 Å². The molecule has 1 aliphatic heterocycles. The van der Waals surface area contributed by atoms with Crippen molar-refractivity contribution in [3.63, 3.8) is 0 Å². The van der Waals surface area contributed by atoms with Crippen LogP contribution in [0.15, 0.2) is 18.2 Å². The Morgan fingerprint density at radius 3 is 2.64 bits per heavy atom. The second kappa shape index (κ2) is 8.76. The first-order valence-electron chi connectivity index (χ1n) is 10.4. The van der Waals surface area contributed by atoms with Gasteiger partial charge < -0.3 is 15.2 Å². The summed E-state index contributed by atoms with van der Waals surface area (Å²) in [4.78, 5) is 29.7. The van der Waals surface area contributed by atoms with Crippen molar-refractivity contribution in [3.8, 4) is 0 Å². The van der Waals surface area contributed by atoms with E-state index in [4.69, 9.17) is 4.98 Å².